The molecule has 0 spiro atoms. The average molecular weight is 349 g/mol. The third-order valence-electron chi connectivity index (χ3n) is 5.06. The number of amides is 3. The maximum atomic E-state index is 12.7. The molecule has 0 aromatic heterocycles. The van der Waals surface area contributed by atoms with Gasteiger partial charge in [-0.3, -0.25) is 24.2 Å². The minimum Gasteiger partial charge on any atom is -0.294 e. The van der Waals surface area contributed by atoms with Gasteiger partial charge in [0.15, 0.2) is 0 Å². The molecule has 1 aromatic carbocycles. The Balaban J connectivity index is 1.84. The van der Waals surface area contributed by atoms with E-state index in [1.54, 1.807) is 24.3 Å². The molecule has 1 aliphatic carbocycles. The first-order chi connectivity index (χ1) is 11.4. The molecule has 3 amide bonds. The number of hydrogen-bond acceptors (Lipinski definition) is 3. The Morgan fingerprint density at radius 3 is 2.62 bits per heavy atom. The van der Waals surface area contributed by atoms with Crippen molar-refractivity contribution in [1.29, 1.82) is 0 Å². The second-order valence-corrected chi connectivity index (χ2v) is 7.24. The van der Waals surface area contributed by atoms with Gasteiger partial charge in [0.2, 0.25) is 17.7 Å². The Hall–Kier alpha value is -1.88. The summed E-state index contributed by atoms with van der Waals surface area (Å²) in [5.74, 6) is -0.521. The van der Waals surface area contributed by atoms with Gasteiger partial charge in [-0.1, -0.05) is 24.6 Å². The van der Waals surface area contributed by atoms with Gasteiger partial charge >= 0.3 is 0 Å². The largest absolute Gasteiger partial charge is 0.294 e. The van der Waals surface area contributed by atoms with Crippen molar-refractivity contribution in [2.75, 3.05) is 11.6 Å². The molecule has 2 fully saturated rings. The zero-order chi connectivity index (χ0) is 17.4. The lowest BCUT2D eigenvalue weighted by molar-refractivity contribution is -0.140. The van der Waals surface area contributed by atoms with Crippen LogP contribution in [0.5, 0.6) is 0 Å². The lowest BCUT2D eigenvalue weighted by atomic mass is 9.76. The van der Waals surface area contributed by atoms with E-state index >= 15 is 0 Å². The predicted octanol–water partition coefficient (Wildman–Crippen LogP) is 3.07. The number of likely N-dealkylation sites (tertiary alicyclic amines) is 1. The zero-order valence-electron chi connectivity index (χ0n) is 13.9. The van der Waals surface area contributed by atoms with Gasteiger partial charge in [-0.2, -0.15) is 0 Å². The summed E-state index contributed by atoms with van der Waals surface area (Å²) < 4.78 is 0. The quantitative estimate of drug-likeness (QED) is 0.789. The van der Waals surface area contributed by atoms with Crippen molar-refractivity contribution in [3.8, 4) is 0 Å². The Morgan fingerprint density at radius 2 is 1.96 bits per heavy atom. The maximum absolute atomic E-state index is 12.7. The van der Waals surface area contributed by atoms with Gasteiger partial charge in [0.05, 0.1) is 11.8 Å². The molecule has 3 atom stereocenters. The van der Waals surface area contributed by atoms with Crippen molar-refractivity contribution in [3.63, 3.8) is 0 Å². The highest BCUT2D eigenvalue weighted by atomic mass is 35.5. The molecule has 1 aliphatic heterocycles. The Morgan fingerprint density at radius 1 is 1.25 bits per heavy atom. The van der Waals surface area contributed by atoms with Crippen LogP contribution in [0.25, 0.3) is 0 Å². The fourth-order valence-corrected chi connectivity index (χ4v) is 3.93. The van der Waals surface area contributed by atoms with E-state index in [-0.39, 0.29) is 36.2 Å². The number of hydrogen-bond donors (Lipinski definition) is 0. The van der Waals surface area contributed by atoms with Gasteiger partial charge in [0.25, 0.3) is 0 Å². The van der Waals surface area contributed by atoms with E-state index in [9.17, 15) is 14.4 Å². The monoisotopic (exact) mass is 348 g/mol. The highest BCUT2D eigenvalue weighted by Crippen LogP contribution is 2.40. The van der Waals surface area contributed by atoms with Crippen molar-refractivity contribution in [2.24, 2.45) is 17.8 Å². The van der Waals surface area contributed by atoms with Crippen LogP contribution in [0, 0.1) is 17.8 Å². The first kappa shape index (κ1) is 17.0. The number of carbonyl (C=O) groups is 3. The number of nitrogens with zero attached hydrogens (tertiary/aromatic N) is 2. The Kier molecular flexibility index (Phi) is 4.63. The summed E-state index contributed by atoms with van der Waals surface area (Å²) in [5, 5.41) is 0.500. The van der Waals surface area contributed by atoms with E-state index in [1.807, 2.05) is 0 Å². The van der Waals surface area contributed by atoms with Crippen molar-refractivity contribution < 1.29 is 14.4 Å². The molecule has 0 bridgehead atoms. The molecule has 0 unspecified atom stereocenters. The Bertz CT molecular complexity index is 691. The van der Waals surface area contributed by atoms with Gasteiger partial charge in [-0.25, -0.2) is 0 Å². The van der Waals surface area contributed by atoms with Crippen LogP contribution in [0.2, 0.25) is 5.02 Å². The van der Waals surface area contributed by atoms with E-state index < -0.39 is 0 Å². The number of halogens is 1. The third kappa shape index (κ3) is 3.05. The van der Waals surface area contributed by atoms with Crippen LogP contribution >= 0.6 is 11.6 Å². The average Bonchev–Trinajstić information content (AvgIpc) is 2.76. The van der Waals surface area contributed by atoms with E-state index in [0.29, 0.717) is 16.6 Å². The van der Waals surface area contributed by atoms with E-state index in [0.717, 1.165) is 19.3 Å². The summed E-state index contributed by atoms with van der Waals surface area (Å²) >= 11 is 6.00. The first-order valence-corrected chi connectivity index (χ1v) is 8.65. The summed E-state index contributed by atoms with van der Waals surface area (Å²) in [7, 11) is 0. The summed E-state index contributed by atoms with van der Waals surface area (Å²) in [4.78, 5) is 40.1. The van der Waals surface area contributed by atoms with Crippen molar-refractivity contribution >= 4 is 35.0 Å². The number of rotatable bonds is 3. The van der Waals surface area contributed by atoms with Crippen LogP contribution in [0.3, 0.4) is 0 Å². The molecule has 0 radical (unpaired) electrons. The van der Waals surface area contributed by atoms with E-state index in [2.05, 4.69) is 6.92 Å². The van der Waals surface area contributed by atoms with Gasteiger partial charge in [0, 0.05) is 17.6 Å². The predicted molar refractivity (Wildman–Crippen MR) is 91.3 cm³/mol. The third-order valence-corrected chi connectivity index (χ3v) is 5.30. The van der Waals surface area contributed by atoms with Crippen LogP contribution < -0.4 is 4.90 Å². The van der Waals surface area contributed by atoms with Crippen LogP contribution in [0.4, 0.5) is 5.69 Å². The molecule has 6 heteroatoms. The van der Waals surface area contributed by atoms with Gasteiger partial charge < -0.3 is 0 Å². The topological polar surface area (TPSA) is 57.7 Å². The van der Waals surface area contributed by atoms with Crippen molar-refractivity contribution in [3.05, 3.63) is 29.3 Å². The molecular formula is C18H21ClN2O3. The number of imide groups is 1. The molecule has 128 valence electrons. The van der Waals surface area contributed by atoms with E-state index in [1.165, 1.54) is 16.7 Å². The summed E-state index contributed by atoms with van der Waals surface area (Å²) in [5.41, 5.74) is 0.582. The van der Waals surface area contributed by atoms with Crippen molar-refractivity contribution in [2.45, 2.75) is 33.1 Å². The van der Waals surface area contributed by atoms with Crippen molar-refractivity contribution in [1.82, 2.24) is 4.90 Å². The first-order valence-electron chi connectivity index (χ1n) is 8.27. The molecule has 0 N–H and O–H groups in total. The lowest BCUT2D eigenvalue weighted by Gasteiger charge is -2.26. The molecule has 1 heterocycles. The molecule has 1 aromatic rings. The molecule has 1 saturated carbocycles. The standard InChI is InChI=1S/C18H21ClN2O3/c1-11-6-7-15-16(8-11)18(24)21(17(15)23)10-20(12(2)22)14-5-3-4-13(19)9-14/h3-5,9,11,15-16H,6-8,10H2,1-2H3/t11-,15+,16-/m1/s1. The van der Waals surface area contributed by atoms with Crippen LogP contribution in [0.1, 0.15) is 33.1 Å². The SMILES string of the molecule is CC(=O)N(CN1C(=O)[C@H]2CC[C@@H](C)C[C@H]2C1=O)c1cccc(Cl)c1. The smallest absolute Gasteiger partial charge is 0.234 e. The number of benzene rings is 1. The highest BCUT2D eigenvalue weighted by molar-refractivity contribution is 6.30. The summed E-state index contributed by atoms with van der Waals surface area (Å²) in [6.07, 6.45) is 2.48. The normalized spacial score (nSPS) is 26.5. The Labute approximate surface area is 146 Å². The van der Waals surface area contributed by atoms with Gasteiger partial charge in [0.1, 0.15) is 6.67 Å². The molecular weight excluding hydrogens is 328 g/mol. The molecule has 1 saturated heterocycles. The van der Waals surface area contributed by atoms with Gasteiger partial charge in [-0.15, -0.1) is 0 Å². The van der Waals surface area contributed by atoms with Crippen LogP contribution in [-0.2, 0) is 14.4 Å². The molecule has 24 heavy (non-hydrogen) atoms. The zero-order valence-corrected chi connectivity index (χ0v) is 14.6. The highest BCUT2D eigenvalue weighted by Gasteiger charge is 2.49. The second-order valence-electron chi connectivity index (χ2n) is 6.80. The minimum absolute atomic E-state index is 0.0469. The maximum Gasteiger partial charge on any atom is 0.234 e. The fraction of sp³-hybridized carbons (Fsp3) is 0.500. The molecule has 3 rings (SSSR count). The number of carbonyl (C=O) groups excluding carboxylic acids is 3. The fourth-order valence-electron chi connectivity index (χ4n) is 3.75. The molecule has 2 aliphatic rings. The summed E-state index contributed by atoms with van der Waals surface area (Å²) in [6, 6.07) is 6.85. The van der Waals surface area contributed by atoms with Gasteiger partial charge in [-0.05, 0) is 43.4 Å². The second kappa shape index (κ2) is 6.55. The lowest BCUT2D eigenvalue weighted by Crippen LogP contribution is -2.44. The number of anilines is 1. The van der Waals surface area contributed by atoms with Crippen LogP contribution in [0.15, 0.2) is 24.3 Å². The van der Waals surface area contributed by atoms with Crippen LogP contribution in [-0.4, -0.2) is 29.3 Å². The minimum atomic E-state index is -0.235. The molecule has 5 nitrogen and oxygen atoms in total. The summed E-state index contributed by atoms with van der Waals surface area (Å²) in [6.45, 7) is 3.49. The van der Waals surface area contributed by atoms with E-state index in [4.69, 9.17) is 11.6 Å². The number of fused-ring (bicyclic) bond motifs is 1.